The molecule has 0 aliphatic carbocycles. The minimum Gasteiger partial charge on any atom is -0.497 e. The predicted molar refractivity (Wildman–Crippen MR) is 124 cm³/mol. The third kappa shape index (κ3) is 4.37. The molecule has 1 heterocycles. The minimum absolute atomic E-state index is 0.0548. The van der Waals surface area contributed by atoms with Crippen molar-refractivity contribution in [2.75, 3.05) is 14.2 Å². The zero-order chi connectivity index (χ0) is 21.9. The molecule has 0 saturated carbocycles. The highest BCUT2D eigenvalue weighted by molar-refractivity contribution is 8.23. The molecule has 0 bridgehead atoms. The van der Waals surface area contributed by atoms with Gasteiger partial charge in [-0.3, -0.25) is 9.11 Å². The van der Waals surface area contributed by atoms with Gasteiger partial charge < -0.3 is 9.47 Å². The number of benzene rings is 2. The van der Waals surface area contributed by atoms with Gasteiger partial charge in [-0.15, -0.1) is 17.4 Å². The summed E-state index contributed by atoms with van der Waals surface area (Å²) < 4.78 is 35.4. The molecular weight excluding hydrogens is 398 g/mol. The van der Waals surface area contributed by atoms with E-state index < -0.39 is 10.8 Å². The summed E-state index contributed by atoms with van der Waals surface area (Å²) in [6, 6.07) is 15.5. The first-order valence-electron chi connectivity index (χ1n) is 10.2. The van der Waals surface area contributed by atoms with Crippen molar-refractivity contribution in [2.24, 2.45) is 11.8 Å². The maximum atomic E-state index is 11.5. The molecule has 6 heteroatoms. The second-order valence-electron chi connectivity index (χ2n) is 8.10. The van der Waals surface area contributed by atoms with Crippen molar-refractivity contribution in [2.45, 2.75) is 38.1 Å². The molecule has 0 radical (unpaired) electrons. The van der Waals surface area contributed by atoms with E-state index in [2.05, 4.69) is 20.4 Å². The van der Waals surface area contributed by atoms with E-state index in [1.54, 1.807) is 14.2 Å². The molecule has 2 aromatic carbocycles. The predicted octanol–water partition coefficient (Wildman–Crippen LogP) is 6.14. The Morgan fingerprint density at radius 3 is 2.00 bits per heavy atom. The summed E-state index contributed by atoms with van der Waals surface area (Å²) in [6.07, 6.45) is 2.61. The quantitative estimate of drug-likeness (QED) is 0.491. The van der Waals surface area contributed by atoms with Crippen LogP contribution in [-0.2, 0) is 6.54 Å². The average Bonchev–Trinajstić information content (AvgIpc) is 2.95. The summed E-state index contributed by atoms with van der Waals surface area (Å²) >= 11 is 0. The Balaban J connectivity index is 2.05. The summed E-state index contributed by atoms with van der Waals surface area (Å²) in [5.41, 5.74) is 2.07. The van der Waals surface area contributed by atoms with Crippen molar-refractivity contribution in [3.8, 4) is 11.5 Å². The smallest absolute Gasteiger partial charge is 0.118 e. The lowest BCUT2D eigenvalue weighted by Crippen LogP contribution is -2.29. The van der Waals surface area contributed by atoms with Gasteiger partial charge in [-0.05, 0) is 47.7 Å². The molecule has 1 fully saturated rings. The Morgan fingerprint density at radius 1 is 1.00 bits per heavy atom. The molecule has 0 aromatic heterocycles. The zero-order valence-electron chi connectivity index (χ0n) is 18.2. The van der Waals surface area contributed by atoms with Gasteiger partial charge in [0.2, 0.25) is 0 Å². The molecular formula is C24H33NO4S. The van der Waals surface area contributed by atoms with Gasteiger partial charge >= 0.3 is 0 Å². The maximum Gasteiger partial charge on any atom is 0.118 e. The van der Waals surface area contributed by atoms with Crippen LogP contribution in [0.3, 0.4) is 0 Å². The maximum absolute atomic E-state index is 11.5. The van der Waals surface area contributed by atoms with E-state index in [-0.39, 0.29) is 23.1 Å². The van der Waals surface area contributed by atoms with Crippen LogP contribution in [0, 0.1) is 11.8 Å². The highest BCUT2D eigenvalue weighted by Crippen LogP contribution is 2.67. The lowest BCUT2D eigenvalue weighted by atomic mass is 9.83. The van der Waals surface area contributed by atoms with Crippen LogP contribution in [0.4, 0.5) is 0 Å². The number of hydrogen-bond acceptors (Lipinski definition) is 5. The van der Waals surface area contributed by atoms with Crippen LogP contribution in [-0.4, -0.2) is 32.9 Å². The standard InChI is InChI=1S/C24H33NO4S/c1-6-7-22-23(19-10-14-21(29-5)15-11-19)25(30(26,27)24(22)17(2)3)16-18-8-12-20(28-4)13-9-18/h6,8-15,17,22-24,26-27H,1,7,16H2,2-5H3/t22-,23?,24?/m0/s1. The van der Waals surface area contributed by atoms with Crippen molar-refractivity contribution in [1.29, 1.82) is 0 Å². The highest BCUT2D eigenvalue weighted by atomic mass is 32.3. The Bertz CT molecular complexity index is 835. The summed E-state index contributed by atoms with van der Waals surface area (Å²) in [5, 5.41) is -0.235. The average molecular weight is 432 g/mol. The molecule has 164 valence electrons. The fraction of sp³-hybridized carbons (Fsp3) is 0.417. The molecule has 1 aliphatic rings. The number of nitrogens with zero attached hydrogens (tertiary/aromatic N) is 1. The lowest BCUT2D eigenvalue weighted by Gasteiger charge is -2.44. The number of rotatable bonds is 8. The molecule has 2 unspecified atom stereocenters. The molecule has 2 aromatic rings. The van der Waals surface area contributed by atoms with Crippen LogP contribution in [0.1, 0.15) is 37.4 Å². The van der Waals surface area contributed by atoms with Crippen molar-refractivity contribution >= 4 is 10.8 Å². The van der Waals surface area contributed by atoms with E-state index in [9.17, 15) is 9.11 Å². The molecule has 5 nitrogen and oxygen atoms in total. The fourth-order valence-corrected chi connectivity index (χ4v) is 7.31. The SMILES string of the molecule is C=CC[C@H]1C(c2ccc(OC)cc2)N(Cc2ccc(OC)cc2)S(O)(O)C1C(C)C. The first-order chi connectivity index (χ1) is 14.3. The summed E-state index contributed by atoms with van der Waals surface area (Å²) in [6.45, 7) is 8.52. The Morgan fingerprint density at radius 2 is 1.53 bits per heavy atom. The van der Waals surface area contributed by atoms with Crippen LogP contribution in [0.2, 0.25) is 0 Å². The van der Waals surface area contributed by atoms with Gasteiger partial charge in [0.1, 0.15) is 11.5 Å². The monoisotopic (exact) mass is 431 g/mol. The third-order valence-corrected chi connectivity index (χ3v) is 8.57. The zero-order valence-corrected chi connectivity index (χ0v) is 19.0. The fourth-order valence-electron chi connectivity index (χ4n) is 4.59. The van der Waals surface area contributed by atoms with Crippen molar-refractivity contribution in [3.63, 3.8) is 0 Å². The normalized spacial score (nSPS) is 24.6. The highest BCUT2D eigenvalue weighted by Gasteiger charge is 2.53. The van der Waals surface area contributed by atoms with Gasteiger partial charge in [-0.1, -0.05) is 44.2 Å². The summed E-state index contributed by atoms with van der Waals surface area (Å²) in [7, 11) is 0.281. The van der Waals surface area contributed by atoms with Crippen molar-refractivity contribution in [3.05, 3.63) is 72.3 Å². The van der Waals surface area contributed by atoms with Gasteiger partial charge in [0.15, 0.2) is 0 Å². The van der Waals surface area contributed by atoms with Crippen LogP contribution in [0.25, 0.3) is 0 Å². The lowest BCUT2D eigenvalue weighted by molar-refractivity contribution is 0.256. The molecule has 1 saturated heterocycles. The summed E-state index contributed by atoms with van der Waals surface area (Å²) in [5.74, 6) is 1.74. The van der Waals surface area contributed by atoms with E-state index in [1.165, 1.54) is 0 Å². The van der Waals surface area contributed by atoms with E-state index in [4.69, 9.17) is 9.47 Å². The molecule has 0 spiro atoms. The van der Waals surface area contributed by atoms with Crippen LogP contribution in [0.15, 0.2) is 61.2 Å². The molecule has 3 atom stereocenters. The largest absolute Gasteiger partial charge is 0.497 e. The molecule has 0 amide bonds. The van der Waals surface area contributed by atoms with Crippen LogP contribution < -0.4 is 9.47 Å². The van der Waals surface area contributed by atoms with Gasteiger partial charge in [-0.25, -0.2) is 0 Å². The van der Waals surface area contributed by atoms with Crippen LogP contribution >= 0.6 is 10.8 Å². The minimum atomic E-state index is -3.00. The second kappa shape index (κ2) is 9.43. The second-order valence-corrected chi connectivity index (χ2v) is 10.2. The Kier molecular flexibility index (Phi) is 7.14. The van der Waals surface area contributed by atoms with E-state index in [0.717, 1.165) is 22.6 Å². The molecule has 3 rings (SSSR count). The van der Waals surface area contributed by atoms with E-state index in [1.807, 2.05) is 58.9 Å². The van der Waals surface area contributed by atoms with E-state index >= 15 is 0 Å². The number of hydrogen-bond donors (Lipinski definition) is 2. The van der Waals surface area contributed by atoms with Gasteiger partial charge in [0.25, 0.3) is 0 Å². The number of methoxy groups -OCH3 is 2. The molecule has 1 aliphatic heterocycles. The van der Waals surface area contributed by atoms with E-state index in [0.29, 0.717) is 13.0 Å². The van der Waals surface area contributed by atoms with Gasteiger partial charge in [0, 0.05) is 12.5 Å². The van der Waals surface area contributed by atoms with Gasteiger partial charge in [0.05, 0.1) is 25.5 Å². The number of ether oxygens (including phenoxy) is 2. The Hall–Kier alpha value is -1.99. The van der Waals surface area contributed by atoms with Crippen LogP contribution in [0.5, 0.6) is 11.5 Å². The van der Waals surface area contributed by atoms with Crippen molar-refractivity contribution in [1.82, 2.24) is 4.31 Å². The summed E-state index contributed by atoms with van der Waals surface area (Å²) in [4.78, 5) is 0. The topological polar surface area (TPSA) is 62.2 Å². The van der Waals surface area contributed by atoms with Crippen molar-refractivity contribution < 1.29 is 18.6 Å². The Labute approximate surface area is 181 Å². The first kappa shape index (κ1) is 22.7. The number of allylic oxidation sites excluding steroid dienone is 1. The molecule has 2 N–H and O–H groups in total. The first-order valence-corrected chi connectivity index (χ1v) is 11.8. The molecule has 30 heavy (non-hydrogen) atoms. The van der Waals surface area contributed by atoms with Gasteiger partial charge in [-0.2, -0.15) is 4.31 Å². The third-order valence-electron chi connectivity index (χ3n) is 5.90.